The molecular weight excluding hydrogens is 152 g/mol. The molecule has 0 fully saturated rings. The number of rotatable bonds is 1. The topological polar surface area (TPSA) is 36.4 Å². The molecule has 1 aromatic heterocycles. The second-order valence-corrected chi connectivity index (χ2v) is 2.42. The first-order chi connectivity index (χ1) is 5.72. The van der Waals surface area contributed by atoms with E-state index in [2.05, 4.69) is 18.8 Å². The Kier molecular flexibility index (Phi) is 6.01. The van der Waals surface area contributed by atoms with Gasteiger partial charge in [0.2, 0.25) is 0 Å². The van der Waals surface area contributed by atoms with E-state index in [9.17, 15) is 0 Å². The fourth-order valence-corrected chi connectivity index (χ4v) is 0.545. The van der Waals surface area contributed by atoms with Crippen LogP contribution in [-0.2, 0) is 0 Å². The number of hydrogen-bond donors (Lipinski definition) is 1. The van der Waals surface area contributed by atoms with Crippen molar-refractivity contribution in [3.63, 3.8) is 0 Å². The van der Waals surface area contributed by atoms with Gasteiger partial charge in [-0.2, -0.15) is 0 Å². The molecule has 12 heavy (non-hydrogen) atoms. The minimum Gasteiger partial charge on any atom is -0.287 e. The fraction of sp³-hybridized carbons (Fsp3) is 0.444. The summed E-state index contributed by atoms with van der Waals surface area (Å²) in [4.78, 5) is 3.85. The summed E-state index contributed by atoms with van der Waals surface area (Å²) in [5, 5.41) is 9.77. The number of nitrogens with zero attached hydrogens (tertiary/aromatic N) is 2. The van der Waals surface area contributed by atoms with Gasteiger partial charge in [-0.25, -0.2) is 10.0 Å². The van der Waals surface area contributed by atoms with Gasteiger partial charge in [0.1, 0.15) is 0 Å². The second kappa shape index (κ2) is 6.61. The molecule has 0 amide bonds. The van der Waals surface area contributed by atoms with Crippen LogP contribution in [-0.4, -0.2) is 17.2 Å². The maximum Gasteiger partial charge on any atom is 0.151 e. The van der Waals surface area contributed by atoms with Crippen LogP contribution >= 0.6 is 0 Å². The van der Waals surface area contributed by atoms with Crippen LogP contribution in [0.15, 0.2) is 24.4 Å². The largest absolute Gasteiger partial charge is 0.287 e. The molecular formula is C9H16N2O. The number of aromatic nitrogens is 1. The Morgan fingerprint density at radius 2 is 2.00 bits per heavy atom. The van der Waals surface area contributed by atoms with Gasteiger partial charge in [0.25, 0.3) is 0 Å². The first-order valence-electron chi connectivity index (χ1n) is 4.06. The number of anilines is 1. The van der Waals surface area contributed by atoms with Crippen molar-refractivity contribution in [3.8, 4) is 0 Å². The molecule has 0 spiro atoms. The number of pyridine rings is 1. The summed E-state index contributed by atoms with van der Waals surface area (Å²) < 4.78 is 0. The molecule has 0 aliphatic rings. The van der Waals surface area contributed by atoms with Crippen molar-refractivity contribution >= 4 is 5.82 Å². The summed E-state index contributed by atoms with van der Waals surface area (Å²) in [5.41, 5.74) is 0. The SMILES string of the molecule is CCC.CN(O)c1ccccn1. The highest BCUT2D eigenvalue weighted by molar-refractivity contribution is 5.32. The van der Waals surface area contributed by atoms with Crippen molar-refractivity contribution in [2.24, 2.45) is 0 Å². The summed E-state index contributed by atoms with van der Waals surface area (Å²) >= 11 is 0. The third-order valence-corrected chi connectivity index (χ3v) is 0.981. The molecule has 0 aliphatic heterocycles. The summed E-state index contributed by atoms with van der Waals surface area (Å²) in [6, 6.07) is 5.34. The standard InChI is InChI=1S/C6H8N2O.C3H8/c1-8(9)6-4-2-3-5-7-6;1-3-2/h2-5,9H,1H3;3H2,1-2H3. The lowest BCUT2D eigenvalue weighted by Crippen LogP contribution is -2.10. The minimum absolute atomic E-state index is 0.553. The van der Waals surface area contributed by atoms with Gasteiger partial charge in [-0.05, 0) is 12.1 Å². The van der Waals surface area contributed by atoms with E-state index in [1.165, 1.54) is 13.5 Å². The molecule has 0 unspecified atom stereocenters. The Bertz CT molecular complexity index is 187. The zero-order chi connectivity index (χ0) is 9.40. The van der Waals surface area contributed by atoms with Crippen molar-refractivity contribution in [3.05, 3.63) is 24.4 Å². The Labute approximate surface area is 73.6 Å². The lowest BCUT2D eigenvalue weighted by molar-refractivity contribution is 0.276. The lowest BCUT2D eigenvalue weighted by Gasteiger charge is -2.06. The highest BCUT2D eigenvalue weighted by Crippen LogP contribution is 2.01. The van der Waals surface area contributed by atoms with Gasteiger partial charge < -0.3 is 0 Å². The highest BCUT2D eigenvalue weighted by Gasteiger charge is 1.91. The molecule has 1 heterocycles. The molecule has 0 saturated carbocycles. The van der Waals surface area contributed by atoms with E-state index in [1.807, 2.05) is 6.07 Å². The van der Waals surface area contributed by atoms with Gasteiger partial charge in [-0.15, -0.1) is 0 Å². The van der Waals surface area contributed by atoms with Gasteiger partial charge >= 0.3 is 0 Å². The van der Waals surface area contributed by atoms with Crippen LogP contribution < -0.4 is 5.06 Å². The second-order valence-electron chi connectivity index (χ2n) is 2.42. The summed E-state index contributed by atoms with van der Waals surface area (Å²) in [7, 11) is 1.53. The Balaban J connectivity index is 0.000000354. The number of hydrogen-bond acceptors (Lipinski definition) is 3. The normalized spacial score (nSPS) is 8.33. The van der Waals surface area contributed by atoms with Crippen LogP contribution in [0.2, 0.25) is 0 Å². The van der Waals surface area contributed by atoms with E-state index in [1.54, 1.807) is 18.3 Å². The Hall–Kier alpha value is -1.09. The van der Waals surface area contributed by atoms with E-state index in [-0.39, 0.29) is 0 Å². The molecule has 0 radical (unpaired) electrons. The van der Waals surface area contributed by atoms with Gasteiger partial charge in [0.05, 0.1) is 0 Å². The smallest absolute Gasteiger partial charge is 0.151 e. The van der Waals surface area contributed by atoms with Crippen LogP contribution in [0.1, 0.15) is 20.3 Å². The van der Waals surface area contributed by atoms with Gasteiger partial charge in [-0.1, -0.05) is 26.3 Å². The van der Waals surface area contributed by atoms with Crippen molar-refractivity contribution in [2.75, 3.05) is 12.1 Å². The monoisotopic (exact) mass is 168 g/mol. The molecule has 68 valence electrons. The molecule has 3 nitrogen and oxygen atoms in total. The van der Waals surface area contributed by atoms with E-state index >= 15 is 0 Å². The van der Waals surface area contributed by atoms with Crippen molar-refractivity contribution in [1.29, 1.82) is 0 Å². The van der Waals surface area contributed by atoms with E-state index in [0.717, 1.165) is 5.06 Å². The molecule has 0 saturated heterocycles. The molecule has 0 atom stereocenters. The number of hydroxylamine groups is 1. The summed E-state index contributed by atoms with van der Waals surface area (Å²) in [5.74, 6) is 0.553. The Morgan fingerprint density at radius 3 is 2.25 bits per heavy atom. The van der Waals surface area contributed by atoms with Gasteiger partial charge in [0, 0.05) is 13.2 Å². The molecule has 0 aromatic carbocycles. The van der Waals surface area contributed by atoms with Crippen LogP contribution in [0, 0.1) is 0 Å². The molecule has 1 rings (SSSR count). The van der Waals surface area contributed by atoms with E-state index in [0.29, 0.717) is 5.82 Å². The molecule has 1 aromatic rings. The third-order valence-electron chi connectivity index (χ3n) is 0.981. The summed E-state index contributed by atoms with van der Waals surface area (Å²) in [6.45, 7) is 4.25. The van der Waals surface area contributed by atoms with Crippen LogP contribution in [0.3, 0.4) is 0 Å². The van der Waals surface area contributed by atoms with Crippen LogP contribution in [0.25, 0.3) is 0 Å². The van der Waals surface area contributed by atoms with E-state index in [4.69, 9.17) is 5.21 Å². The zero-order valence-corrected chi connectivity index (χ0v) is 7.86. The van der Waals surface area contributed by atoms with Gasteiger partial charge in [-0.3, -0.25) is 5.21 Å². The van der Waals surface area contributed by atoms with Crippen molar-refractivity contribution in [2.45, 2.75) is 20.3 Å². The summed E-state index contributed by atoms with van der Waals surface area (Å²) in [6.07, 6.45) is 2.88. The first kappa shape index (κ1) is 10.9. The quantitative estimate of drug-likeness (QED) is 0.654. The average Bonchev–Trinajstić information content (AvgIpc) is 2.07. The predicted octanol–water partition coefficient (Wildman–Crippen LogP) is 2.32. The molecule has 0 bridgehead atoms. The lowest BCUT2D eigenvalue weighted by atomic mass is 10.5. The molecule has 3 heteroatoms. The average molecular weight is 168 g/mol. The first-order valence-corrected chi connectivity index (χ1v) is 4.06. The molecule has 0 aliphatic carbocycles. The highest BCUT2D eigenvalue weighted by atomic mass is 16.5. The van der Waals surface area contributed by atoms with Crippen LogP contribution in [0.5, 0.6) is 0 Å². The maximum atomic E-state index is 8.79. The molecule has 1 N–H and O–H groups in total. The van der Waals surface area contributed by atoms with Gasteiger partial charge in [0.15, 0.2) is 5.82 Å². The predicted molar refractivity (Wildman–Crippen MR) is 50.4 cm³/mol. The third kappa shape index (κ3) is 4.68. The maximum absolute atomic E-state index is 8.79. The van der Waals surface area contributed by atoms with E-state index < -0.39 is 0 Å². The van der Waals surface area contributed by atoms with Crippen LogP contribution in [0.4, 0.5) is 5.82 Å². The van der Waals surface area contributed by atoms with Crippen molar-refractivity contribution < 1.29 is 5.21 Å². The Morgan fingerprint density at radius 1 is 1.42 bits per heavy atom. The fourth-order valence-electron chi connectivity index (χ4n) is 0.545. The zero-order valence-electron chi connectivity index (χ0n) is 7.86. The van der Waals surface area contributed by atoms with Crippen molar-refractivity contribution in [1.82, 2.24) is 4.98 Å². The minimum atomic E-state index is 0.553.